The third-order valence-electron chi connectivity index (χ3n) is 0.707. The Kier molecular flexibility index (Phi) is 4.15. The normalized spacial score (nSPS) is 10.0. The summed E-state index contributed by atoms with van der Waals surface area (Å²) < 4.78 is 5.36. The van der Waals surface area contributed by atoms with Crippen LogP contribution >= 0.6 is 0 Å². The molecular formula is C7H12FeOSi+. The molecule has 0 aliphatic carbocycles. The summed E-state index contributed by atoms with van der Waals surface area (Å²) in [6, 6.07) is 0. The Balaban J connectivity index is 4.05. The van der Waals surface area contributed by atoms with Gasteiger partial charge in [-0.25, -0.2) is 0 Å². The summed E-state index contributed by atoms with van der Waals surface area (Å²) in [6.45, 7) is 6.55. The van der Waals surface area contributed by atoms with Crippen LogP contribution < -0.4 is 0 Å². The van der Waals surface area contributed by atoms with Crippen molar-refractivity contribution < 1.29 is 20.3 Å². The molecule has 0 heterocycles. The number of rotatable bonds is 1. The fourth-order valence-corrected chi connectivity index (χ4v) is 0.963. The van der Waals surface area contributed by atoms with E-state index in [0.717, 1.165) is 0 Å². The van der Waals surface area contributed by atoms with Crippen molar-refractivity contribution in [3.8, 4) is 11.5 Å². The van der Waals surface area contributed by atoms with Crippen LogP contribution in [0.2, 0.25) is 19.6 Å². The Hall–Kier alpha value is 0.126. The van der Waals surface area contributed by atoms with Gasteiger partial charge in [0, 0.05) is 0 Å². The number of hydrogen-bond donors (Lipinski definition) is 0. The zero-order valence-electron chi connectivity index (χ0n) is 6.76. The first-order chi connectivity index (χ1) is 4.45. The SMILES string of the molecule is CO[C](=[Fe+])C#C[Si](C)(C)C. The van der Waals surface area contributed by atoms with Gasteiger partial charge in [-0.2, -0.15) is 0 Å². The summed E-state index contributed by atoms with van der Waals surface area (Å²) in [5, 5.41) is 0. The molecule has 0 aromatic heterocycles. The predicted octanol–water partition coefficient (Wildman–Crippen LogP) is 1.19. The van der Waals surface area contributed by atoms with Gasteiger partial charge < -0.3 is 0 Å². The van der Waals surface area contributed by atoms with Gasteiger partial charge in [-0.15, -0.1) is 0 Å². The fourth-order valence-electron chi connectivity index (χ4n) is 0.286. The van der Waals surface area contributed by atoms with E-state index in [0.29, 0.717) is 4.60 Å². The molecule has 0 radical (unpaired) electrons. The van der Waals surface area contributed by atoms with E-state index >= 15 is 0 Å². The molecule has 57 valence electrons. The molecule has 3 heteroatoms. The third-order valence-corrected chi connectivity index (χ3v) is 1.95. The Morgan fingerprint density at radius 1 is 1.40 bits per heavy atom. The molecule has 0 spiro atoms. The van der Waals surface area contributed by atoms with Crippen LogP contribution in [0.1, 0.15) is 0 Å². The van der Waals surface area contributed by atoms with Crippen molar-refractivity contribution in [3.05, 3.63) is 0 Å². The van der Waals surface area contributed by atoms with Crippen LogP contribution in [0.4, 0.5) is 0 Å². The van der Waals surface area contributed by atoms with Crippen LogP contribution in [-0.2, 0) is 20.3 Å². The molecule has 0 fully saturated rings. The van der Waals surface area contributed by atoms with Crippen molar-refractivity contribution in [1.82, 2.24) is 0 Å². The van der Waals surface area contributed by atoms with E-state index in [1.165, 1.54) is 0 Å². The van der Waals surface area contributed by atoms with Crippen molar-refractivity contribution >= 4 is 12.7 Å². The molecule has 0 aromatic carbocycles. The zero-order valence-corrected chi connectivity index (χ0v) is 8.87. The summed E-state index contributed by atoms with van der Waals surface area (Å²) in [7, 11) is 0.346. The number of methoxy groups -OCH3 is 1. The quantitative estimate of drug-likeness (QED) is 0.452. The van der Waals surface area contributed by atoms with Gasteiger partial charge >= 0.3 is 71.2 Å². The minimum atomic E-state index is -1.24. The van der Waals surface area contributed by atoms with Gasteiger partial charge in [0.15, 0.2) is 0 Å². The Morgan fingerprint density at radius 3 is 2.20 bits per heavy atom. The first-order valence-corrected chi connectivity index (χ1v) is 7.09. The van der Waals surface area contributed by atoms with E-state index in [1.807, 2.05) is 0 Å². The summed E-state index contributed by atoms with van der Waals surface area (Å²) >= 11 is 3.60. The van der Waals surface area contributed by atoms with Crippen molar-refractivity contribution in [2.75, 3.05) is 7.11 Å². The van der Waals surface area contributed by atoms with Gasteiger partial charge in [0.05, 0.1) is 0 Å². The van der Waals surface area contributed by atoms with Crippen LogP contribution in [0.15, 0.2) is 0 Å². The van der Waals surface area contributed by atoms with Gasteiger partial charge in [-0.05, 0) is 0 Å². The fraction of sp³-hybridized carbons (Fsp3) is 0.571. The van der Waals surface area contributed by atoms with Crippen molar-refractivity contribution in [3.63, 3.8) is 0 Å². The van der Waals surface area contributed by atoms with Crippen LogP contribution in [-0.4, -0.2) is 19.8 Å². The summed E-state index contributed by atoms with van der Waals surface area (Å²) in [6.07, 6.45) is 0. The Bertz CT molecular complexity index is 182. The molecule has 0 N–H and O–H groups in total. The van der Waals surface area contributed by atoms with Crippen molar-refractivity contribution in [2.24, 2.45) is 0 Å². The van der Waals surface area contributed by atoms with Gasteiger partial charge in [0.1, 0.15) is 0 Å². The van der Waals surface area contributed by atoms with E-state index < -0.39 is 8.07 Å². The Labute approximate surface area is 71.5 Å². The van der Waals surface area contributed by atoms with Crippen LogP contribution in [0, 0.1) is 11.5 Å². The number of ether oxygens (including phenoxy) is 1. The molecule has 0 aromatic rings. The second-order valence-electron chi connectivity index (χ2n) is 2.97. The molecule has 0 amide bonds. The molecule has 0 saturated carbocycles. The molecule has 1 nitrogen and oxygen atoms in total. The molecular weight excluding hydrogens is 184 g/mol. The second-order valence-corrected chi connectivity index (χ2v) is 8.22. The van der Waals surface area contributed by atoms with E-state index in [2.05, 4.69) is 46.7 Å². The maximum atomic E-state index is 4.80. The summed E-state index contributed by atoms with van der Waals surface area (Å²) in [5.41, 5.74) is 3.14. The average molecular weight is 196 g/mol. The maximum absolute atomic E-state index is 4.80. The van der Waals surface area contributed by atoms with Gasteiger partial charge in [-0.3, -0.25) is 0 Å². The third kappa shape index (κ3) is 6.25. The van der Waals surface area contributed by atoms with Crippen LogP contribution in [0.25, 0.3) is 0 Å². The number of hydrogen-bond acceptors (Lipinski definition) is 1. The van der Waals surface area contributed by atoms with E-state index in [9.17, 15) is 0 Å². The predicted molar refractivity (Wildman–Crippen MR) is 43.1 cm³/mol. The van der Waals surface area contributed by atoms with E-state index in [1.54, 1.807) is 7.11 Å². The van der Waals surface area contributed by atoms with Gasteiger partial charge in [-0.1, -0.05) is 0 Å². The molecule has 10 heavy (non-hydrogen) atoms. The second kappa shape index (κ2) is 4.10. The van der Waals surface area contributed by atoms with Gasteiger partial charge in [0.2, 0.25) is 0 Å². The first-order valence-electron chi connectivity index (χ1n) is 3.04. The van der Waals surface area contributed by atoms with Crippen molar-refractivity contribution in [1.29, 1.82) is 0 Å². The average Bonchev–Trinajstić information content (AvgIpc) is 1.81. The van der Waals surface area contributed by atoms with Gasteiger partial charge in [0.25, 0.3) is 0 Å². The van der Waals surface area contributed by atoms with Crippen LogP contribution in [0.3, 0.4) is 0 Å². The molecule has 0 aliphatic heterocycles. The molecule has 0 aliphatic rings. The van der Waals surface area contributed by atoms with Crippen LogP contribution in [0.5, 0.6) is 0 Å². The van der Waals surface area contributed by atoms with E-state index in [4.69, 9.17) is 4.74 Å². The summed E-state index contributed by atoms with van der Waals surface area (Å²) in [4.78, 5) is 0. The topological polar surface area (TPSA) is 9.23 Å². The molecule has 0 saturated heterocycles. The van der Waals surface area contributed by atoms with E-state index in [-0.39, 0.29) is 0 Å². The zero-order chi connectivity index (χ0) is 8.20. The monoisotopic (exact) mass is 196 g/mol. The first kappa shape index (κ1) is 10.1. The molecule has 0 atom stereocenters. The summed E-state index contributed by atoms with van der Waals surface area (Å²) in [5.74, 6) is 2.87. The Morgan fingerprint density at radius 2 is 1.90 bits per heavy atom. The molecule has 0 bridgehead atoms. The molecule has 0 unspecified atom stereocenters. The standard InChI is InChI=1S/C7H12OSi.Fe/c1-8-6-5-7-9(2,3)4;/h1-4H3;/q;+1. The molecule has 0 rings (SSSR count). The van der Waals surface area contributed by atoms with Crippen molar-refractivity contribution in [2.45, 2.75) is 19.6 Å². The minimum absolute atomic E-state index is 0.558.